The molecule has 0 spiro atoms. The third-order valence-electron chi connectivity index (χ3n) is 4.03. The molecule has 2 rings (SSSR count). The van der Waals surface area contributed by atoms with Crippen LogP contribution in [0.15, 0.2) is 0 Å². The highest BCUT2D eigenvalue weighted by Gasteiger charge is 2.29. The Bertz CT molecular complexity index is 365. The van der Waals surface area contributed by atoms with Gasteiger partial charge in [0.2, 0.25) is 10.0 Å². The number of nitrogens with two attached hydrogens (primary N) is 2. The summed E-state index contributed by atoms with van der Waals surface area (Å²) >= 11 is 0. The van der Waals surface area contributed by atoms with Gasteiger partial charge in [-0.05, 0) is 38.9 Å². The largest absolute Gasteiger partial charge is 0.328 e. The molecule has 0 radical (unpaired) electrons. The van der Waals surface area contributed by atoms with E-state index >= 15 is 0 Å². The molecule has 0 bridgehead atoms. The molecule has 2 aliphatic heterocycles. The maximum absolute atomic E-state index is 10.9. The minimum atomic E-state index is -3.33. The number of piperidine rings is 1. The van der Waals surface area contributed by atoms with Crippen LogP contribution in [0, 0.1) is 0 Å². The first-order chi connectivity index (χ1) is 8.44. The molecule has 106 valence electrons. The summed E-state index contributed by atoms with van der Waals surface area (Å²) in [6.07, 6.45) is 3.28. The van der Waals surface area contributed by atoms with E-state index in [0.717, 1.165) is 45.4 Å². The molecule has 2 saturated heterocycles. The molecular weight excluding hydrogens is 252 g/mol. The van der Waals surface area contributed by atoms with Crippen molar-refractivity contribution in [3.8, 4) is 0 Å². The molecule has 1 unspecified atom stereocenters. The van der Waals surface area contributed by atoms with Crippen molar-refractivity contribution in [1.82, 2.24) is 9.80 Å². The predicted molar refractivity (Wildman–Crippen MR) is 71.6 cm³/mol. The molecule has 0 aromatic heterocycles. The third-order valence-corrected chi connectivity index (χ3v) is 4.78. The second kappa shape index (κ2) is 5.83. The standard InChI is InChI=1S/C11H24N4O2S/c12-10-1-5-15(6-2-10)11-3-4-14(9-11)7-8-18(13,16)17/h10-11H,1-9,12H2,(H2,13,16,17). The molecular formula is C11H24N4O2S. The SMILES string of the molecule is NC1CCN(C2CCN(CCS(N)(=O)=O)C2)CC1. The molecule has 0 aromatic rings. The van der Waals surface area contributed by atoms with Crippen LogP contribution in [0.1, 0.15) is 19.3 Å². The van der Waals surface area contributed by atoms with Crippen molar-refractivity contribution in [2.24, 2.45) is 10.9 Å². The Balaban J connectivity index is 1.74. The predicted octanol–water partition coefficient (Wildman–Crippen LogP) is -1.23. The van der Waals surface area contributed by atoms with Gasteiger partial charge in [-0.15, -0.1) is 0 Å². The summed E-state index contributed by atoms with van der Waals surface area (Å²) in [4.78, 5) is 4.70. The Labute approximate surface area is 109 Å². The Hall–Kier alpha value is -0.210. The molecule has 7 heteroatoms. The van der Waals surface area contributed by atoms with Gasteiger partial charge in [-0.25, -0.2) is 13.6 Å². The summed E-state index contributed by atoms with van der Waals surface area (Å²) in [7, 11) is -3.33. The lowest BCUT2D eigenvalue weighted by Gasteiger charge is -2.34. The highest BCUT2D eigenvalue weighted by atomic mass is 32.2. The van der Waals surface area contributed by atoms with E-state index in [4.69, 9.17) is 10.9 Å². The Morgan fingerprint density at radius 1 is 1.11 bits per heavy atom. The fourth-order valence-electron chi connectivity index (χ4n) is 2.85. The van der Waals surface area contributed by atoms with Crippen molar-refractivity contribution in [3.63, 3.8) is 0 Å². The molecule has 0 amide bonds. The zero-order valence-electron chi connectivity index (χ0n) is 10.8. The van der Waals surface area contributed by atoms with Gasteiger partial charge < -0.3 is 10.6 Å². The van der Waals surface area contributed by atoms with E-state index < -0.39 is 10.0 Å². The van der Waals surface area contributed by atoms with Crippen LogP contribution < -0.4 is 10.9 Å². The first-order valence-corrected chi connectivity index (χ1v) is 8.38. The summed E-state index contributed by atoms with van der Waals surface area (Å²) in [6.45, 7) is 4.65. The maximum Gasteiger partial charge on any atom is 0.210 e. The van der Waals surface area contributed by atoms with Crippen LogP contribution in [0.2, 0.25) is 0 Å². The number of nitrogens with zero attached hydrogens (tertiary/aromatic N) is 2. The number of hydrogen-bond acceptors (Lipinski definition) is 5. The lowest BCUT2D eigenvalue weighted by atomic mass is 10.0. The van der Waals surface area contributed by atoms with Crippen molar-refractivity contribution >= 4 is 10.0 Å². The van der Waals surface area contributed by atoms with E-state index in [1.165, 1.54) is 0 Å². The molecule has 2 aliphatic rings. The summed E-state index contributed by atoms with van der Waals surface area (Å²) in [5, 5.41) is 5.03. The normalized spacial score (nSPS) is 28.9. The van der Waals surface area contributed by atoms with E-state index in [9.17, 15) is 8.42 Å². The number of primary sulfonamides is 1. The van der Waals surface area contributed by atoms with Gasteiger partial charge in [0.1, 0.15) is 0 Å². The fourth-order valence-corrected chi connectivity index (χ4v) is 3.37. The zero-order chi connectivity index (χ0) is 13.2. The molecule has 0 aliphatic carbocycles. The van der Waals surface area contributed by atoms with Gasteiger partial charge in [-0.1, -0.05) is 0 Å². The van der Waals surface area contributed by atoms with Gasteiger partial charge >= 0.3 is 0 Å². The van der Waals surface area contributed by atoms with Crippen LogP contribution in [0.3, 0.4) is 0 Å². The smallest absolute Gasteiger partial charge is 0.210 e. The van der Waals surface area contributed by atoms with Crippen LogP contribution in [-0.2, 0) is 10.0 Å². The second-order valence-electron chi connectivity index (χ2n) is 5.48. The van der Waals surface area contributed by atoms with Gasteiger partial charge in [0, 0.05) is 25.2 Å². The minimum Gasteiger partial charge on any atom is -0.328 e. The first kappa shape index (κ1) is 14.2. The monoisotopic (exact) mass is 276 g/mol. The molecule has 0 aromatic carbocycles. The van der Waals surface area contributed by atoms with Gasteiger partial charge in [0.15, 0.2) is 0 Å². The Morgan fingerprint density at radius 2 is 1.78 bits per heavy atom. The maximum atomic E-state index is 10.9. The summed E-state index contributed by atoms with van der Waals surface area (Å²) in [5.74, 6) is 0.0601. The molecule has 6 nitrogen and oxygen atoms in total. The van der Waals surface area contributed by atoms with E-state index in [2.05, 4.69) is 9.80 Å². The highest BCUT2D eigenvalue weighted by molar-refractivity contribution is 7.89. The molecule has 0 saturated carbocycles. The fraction of sp³-hybridized carbons (Fsp3) is 1.00. The summed E-state index contributed by atoms with van der Waals surface area (Å²) in [6, 6.07) is 0.930. The Kier molecular flexibility index (Phi) is 4.60. The second-order valence-corrected chi connectivity index (χ2v) is 7.22. The summed E-state index contributed by atoms with van der Waals surface area (Å²) in [5.41, 5.74) is 5.90. The molecule has 2 heterocycles. The number of rotatable bonds is 4. The highest BCUT2D eigenvalue weighted by Crippen LogP contribution is 2.19. The minimum absolute atomic E-state index is 0.0601. The molecule has 18 heavy (non-hydrogen) atoms. The van der Waals surface area contributed by atoms with Gasteiger partial charge in [-0.3, -0.25) is 4.90 Å². The lowest BCUT2D eigenvalue weighted by Crippen LogP contribution is -2.46. The van der Waals surface area contributed by atoms with Gasteiger partial charge in [0.05, 0.1) is 5.75 Å². The van der Waals surface area contributed by atoms with E-state index in [1.54, 1.807) is 0 Å². The van der Waals surface area contributed by atoms with E-state index in [0.29, 0.717) is 18.6 Å². The Morgan fingerprint density at radius 3 is 2.39 bits per heavy atom. The number of likely N-dealkylation sites (tertiary alicyclic amines) is 2. The zero-order valence-corrected chi connectivity index (χ0v) is 11.6. The van der Waals surface area contributed by atoms with E-state index in [-0.39, 0.29) is 5.75 Å². The molecule has 2 fully saturated rings. The van der Waals surface area contributed by atoms with Crippen LogP contribution in [0.25, 0.3) is 0 Å². The van der Waals surface area contributed by atoms with Crippen LogP contribution in [0.5, 0.6) is 0 Å². The van der Waals surface area contributed by atoms with Crippen LogP contribution >= 0.6 is 0 Å². The van der Waals surface area contributed by atoms with Gasteiger partial charge in [-0.2, -0.15) is 0 Å². The topological polar surface area (TPSA) is 92.7 Å². The van der Waals surface area contributed by atoms with Crippen LogP contribution in [-0.4, -0.2) is 68.8 Å². The van der Waals surface area contributed by atoms with E-state index in [1.807, 2.05) is 0 Å². The first-order valence-electron chi connectivity index (χ1n) is 6.66. The average Bonchev–Trinajstić information content (AvgIpc) is 2.75. The summed E-state index contributed by atoms with van der Waals surface area (Å²) < 4.78 is 21.9. The van der Waals surface area contributed by atoms with Crippen LogP contribution in [0.4, 0.5) is 0 Å². The number of sulfonamides is 1. The van der Waals surface area contributed by atoms with Crippen molar-refractivity contribution in [2.75, 3.05) is 38.5 Å². The van der Waals surface area contributed by atoms with Crippen molar-refractivity contribution in [1.29, 1.82) is 0 Å². The van der Waals surface area contributed by atoms with Crippen molar-refractivity contribution < 1.29 is 8.42 Å². The van der Waals surface area contributed by atoms with Crippen molar-refractivity contribution in [3.05, 3.63) is 0 Å². The molecule has 1 atom stereocenters. The average molecular weight is 276 g/mol. The van der Waals surface area contributed by atoms with Crippen molar-refractivity contribution in [2.45, 2.75) is 31.3 Å². The van der Waals surface area contributed by atoms with Gasteiger partial charge in [0.25, 0.3) is 0 Å². The molecule has 4 N–H and O–H groups in total. The lowest BCUT2D eigenvalue weighted by molar-refractivity contribution is 0.153. The quantitative estimate of drug-likeness (QED) is 0.671. The number of hydrogen-bond donors (Lipinski definition) is 2. The third kappa shape index (κ3) is 4.17.